The van der Waals surface area contributed by atoms with E-state index in [-0.39, 0.29) is 5.70 Å². The van der Waals surface area contributed by atoms with Gasteiger partial charge in [-0.15, -0.1) is 0 Å². The Kier molecular flexibility index (Phi) is 5.38. The fraction of sp³-hybridized carbons (Fsp3) is 0.0833. The molecule has 0 aliphatic carbocycles. The van der Waals surface area contributed by atoms with Gasteiger partial charge in [0.1, 0.15) is 18.1 Å². The maximum absolute atomic E-state index is 12.3. The molecule has 0 bridgehead atoms. The summed E-state index contributed by atoms with van der Waals surface area (Å²) in [5.74, 6) is 1.06. The van der Waals surface area contributed by atoms with E-state index in [9.17, 15) is 4.79 Å². The van der Waals surface area contributed by atoms with Crippen LogP contribution >= 0.6 is 0 Å². The molecule has 0 saturated heterocycles. The zero-order valence-corrected chi connectivity index (χ0v) is 15.9. The first-order chi connectivity index (χ1) is 14.2. The largest absolute Gasteiger partial charge is 0.497 e. The van der Waals surface area contributed by atoms with Crippen LogP contribution in [-0.2, 0) is 16.1 Å². The normalized spacial score (nSPS) is 14.4. The molecule has 29 heavy (non-hydrogen) atoms. The number of esters is 1. The van der Waals surface area contributed by atoms with Gasteiger partial charge in [-0.1, -0.05) is 48.5 Å². The molecule has 0 radical (unpaired) electrons. The highest BCUT2D eigenvalue weighted by Crippen LogP contribution is 2.29. The molecule has 0 amide bonds. The van der Waals surface area contributed by atoms with Crippen LogP contribution in [0.2, 0.25) is 0 Å². The van der Waals surface area contributed by atoms with Crippen molar-refractivity contribution in [2.45, 2.75) is 6.61 Å². The summed E-state index contributed by atoms with van der Waals surface area (Å²) in [6, 6.07) is 24.6. The quantitative estimate of drug-likeness (QED) is 0.459. The molecule has 144 valence electrons. The molecule has 0 saturated carbocycles. The van der Waals surface area contributed by atoms with E-state index in [0.29, 0.717) is 29.6 Å². The van der Waals surface area contributed by atoms with E-state index in [4.69, 9.17) is 14.2 Å². The van der Waals surface area contributed by atoms with Gasteiger partial charge in [0.25, 0.3) is 0 Å². The van der Waals surface area contributed by atoms with Crippen LogP contribution in [0.5, 0.6) is 11.5 Å². The summed E-state index contributed by atoms with van der Waals surface area (Å²) >= 11 is 0. The van der Waals surface area contributed by atoms with Crippen molar-refractivity contribution in [3.8, 4) is 11.5 Å². The van der Waals surface area contributed by atoms with Gasteiger partial charge in [0, 0.05) is 17.2 Å². The topological polar surface area (TPSA) is 57.1 Å². The Hall–Kier alpha value is -3.86. The van der Waals surface area contributed by atoms with E-state index in [2.05, 4.69) is 4.99 Å². The van der Waals surface area contributed by atoms with Crippen LogP contribution in [0.3, 0.4) is 0 Å². The zero-order valence-electron chi connectivity index (χ0n) is 15.9. The van der Waals surface area contributed by atoms with Gasteiger partial charge >= 0.3 is 5.97 Å². The van der Waals surface area contributed by atoms with Crippen LogP contribution in [0, 0.1) is 0 Å². The second kappa shape index (κ2) is 8.44. The smallest absolute Gasteiger partial charge is 0.363 e. The maximum atomic E-state index is 12.3. The predicted octanol–water partition coefficient (Wildman–Crippen LogP) is 4.62. The van der Waals surface area contributed by atoms with Crippen molar-refractivity contribution < 1.29 is 19.0 Å². The summed E-state index contributed by atoms with van der Waals surface area (Å²) in [5, 5.41) is 0. The maximum Gasteiger partial charge on any atom is 0.363 e. The van der Waals surface area contributed by atoms with E-state index in [0.717, 1.165) is 11.1 Å². The third-order valence-electron chi connectivity index (χ3n) is 4.39. The third-order valence-corrected chi connectivity index (χ3v) is 4.39. The van der Waals surface area contributed by atoms with Gasteiger partial charge in [0.15, 0.2) is 5.70 Å². The molecule has 0 N–H and O–H groups in total. The Bertz CT molecular complexity index is 1070. The van der Waals surface area contributed by atoms with Crippen LogP contribution < -0.4 is 9.47 Å². The molecule has 1 aliphatic rings. The van der Waals surface area contributed by atoms with Gasteiger partial charge in [-0.3, -0.25) is 0 Å². The molecule has 5 nitrogen and oxygen atoms in total. The molecule has 0 spiro atoms. The second-order valence-corrected chi connectivity index (χ2v) is 6.38. The molecule has 5 heteroatoms. The summed E-state index contributed by atoms with van der Waals surface area (Å²) in [5.41, 5.74) is 2.73. The molecule has 1 heterocycles. The SMILES string of the molecule is COc1ccc(/C=C2\N=C(c3ccccc3)OC2=O)c(OCc2ccccc2)c1. The summed E-state index contributed by atoms with van der Waals surface area (Å²) in [7, 11) is 1.60. The Morgan fingerprint density at radius 3 is 2.41 bits per heavy atom. The van der Waals surface area contributed by atoms with Crippen molar-refractivity contribution in [3.05, 3.63) is 101 Å². The number of methoxy groups -OCH3 is 1. The van der Waals surface area contributed by atoms with Crippen molar-refractivity contribution in [1.29, 1.82) is 0 Å². The number of hydrogen-bond acceptors (Lipinski definition) is 5. The van der Waals surface area contributed by atoms with Gasteiger partial charge in [-0.25, -0.2) is 9.79 Å². The molecule has 0 atom stereocenters. The Balaban J connectivity index is 1.63. The number of nitrogens with zero attached hydrogens (tertiary/aromatic N) is 1. The summed E-state index contributed by atoms with van der Waals surface area (Å²) in [6.45, 7) is 0.396. The minimum Gasteiger partial charge on any atom is -0.497 e. The second-order valence-electron chi connectivity index (χ2n) is 6.38. The number of ether oxygens (including phenoxy) is 3. The molecule has 4 rings (SSSR count). The lowest BCUT2D eigenvalue weighted by Crippen LogP contribution is -2.05. The van der Waals surface area contributed by atoms with Crippen molar-refractivity contribution in [2.75, 3.05) is 7.11 Å². The summed E-state index contributed by atoms with van der Waals surface area (Å²) in [4.78, 5) is 16.7. The average Bonchev–Trinajstić information content (AvgIpc) is 3.14. The fourth-order valence-electron chi connectivity index (χ4n) is 2.88. The van der Waals surface area contributed by atoms with E-state index in [1.807, 2.05) is 72.8 Å². The highest BCUT2D eigenvalue weighted by atomic mass is 16.6. The Morgan fingerprint density at radius 2 is 1.69 bits per heavy atom. The standard InChI is InChI=1S/C24H19NO4/c1-27-20-13-12-19(22(15-20)28-16-17-8-4-2-5-9-17)14-21-24(26)29-23(25-21)18-10-6-3-7-11-18/h2-15H,16H2,1H3/b21-14-. The van der Waals surface area contributed by atoms with Crippen LogP contribution in [-0.4, -0.2) is 19.0 Å². The third kappa shape index (κ3) is 4.35. The highest BCUT2D eigenvalue weighted by molar-refractivity contribution is 6.12. The first kappa shape index (κ1) is 18.5. The van der Waals surface area contributed by atoms with E-state index >= 15 is 0 Å². The van der Waals surface area contributed by atoms with Gasteiger partial charge in [0.05, 0.1) is 7.11 Å². The molecule has 0 fully saturated rings. The zero-order chi connectivity index (χ0) is 20.1. The van der Waals surface area contributed by atoms with Crippen molar-refractivity contribution in [1.82, 2.24) is 0 Å². The number of benzene rings is 3. The Labute approximate surface area is 168 Å². The van der Waals surface area contributed by atoms with Crippen LogP contribution in [0.15, 0.2) is 89.6 Å². The lowest BCUT2D eigenvalue weighted by Gasteiger charge is -2.11. The lowest BCUT2D eigenvalue weighted by molar-refractivity contribution is -0.129. The van der Waals surface area contributed by atoms with Gasteiger partial charge in [0.2, 0.25) is 5.90 Å². The van der Waals surface area contributed by atoms with E-state index < -0.39 is 5.97 Å². The van der Waals surface area contributed by atoms with Gasteiger partial charge in [-0.2, -0.15) is 0 Å². The Morgan fingerprint density at radius 1 is 0.966 bits per heavy atom. The minimum absolute atomic E-state index is 0.221. The van der Waals surface area contributed by atoms with Crippen molar-refractivity contribution in [2.24, 2.45) is 4.99 Å². The van der Waals surface area contributed by atoms with Crippen LogP contribution in [0.25, 0.3) is 6.08 Å². The molecule has 3 aromatic rings. The van der Waals surface area contributed by atoms with Crippen molar-refractivity contribution >= 4 is 17.9 Å². The molecule has 3 aromatic carbocycles. The van der Waals surface area contributed by atoms with E-state index in [1.54, 1.807) is 19.3 Å². The van der Waals surface area contributed by atoms with Gasteiger partial charge < -0.3 is 14.2 Å². The van der Waals surface area contributed by atoms with Crippen molar-refractivity contribution in [3.63, 3.8) is 0 Å². The summed E-state index contributed by atoms with van der Waals surface area (Å²) < 4.78 is 16.6. The molecule has 0 aromatic heterocycles. The molecule has 0 unspecified atom stereocenters. The summed E-state index contributed by atoms with van der Waals surface area (Å²) in [6.07, 6.45) is 1.66. The first-order valence-electron chi connectivity index (χ1n) is 9.16. The van der Waals surface area contributed by atoms with Crippen LogP contribution in [0.1, 0.15) is 16.7 Å². The average molecular weight is 385 g/mol. The monoisotopic (exact) mass is 385 g/mol. The minimum atomic E-state index is -0.492. The van der Waals surface area contributed by atoms with Crippen LogP contribution in [0.4, 0.5) is 0 Å². The number of cyclic esters (lactones) is 1. The molecular weight excluding hydrogens is 366 g/mol. The van der Waals surface area contributed by atoms with Gasteiger partial charge in [-0.05, 0) is 35.9 Å². The first-order valence-corrected chi connectivity index (χ1v) is 9.16. The van der Waals surface area contributed by atoms with E-state index in [1.165, 1.54) is 0 Å². The molecular formula is C24H19NO4. The number of carbonyl (C=O) groups is 1. The predicted molar refractivity (Wildman–Crippen MR) is 111 cm³/mol. The fourth-order valence-corrected chi connectivity index (χ4v) is 2.88. The number of aliphatic imine (C=N–C) groups is 1. The molecule has 1 aliphatic heterocycles. The number of rotatable bonds is 6. The lowest BCUT2D eigenvalue weighted by atomic mass is 10.1. The number of carbonyl (C=O) groups excluding carboxylic acids is 1. The highest BCUT2D eigenvalue weighted by Gasteiger charge is 2.24. The number of hydrogen-bond donors (Lipinski definition) is 0.